The Morgan fingerprint density at radius 3 is 2.65 bits per heavy atom. The first-order chi connectivity index (χ1) is 9.69. The fraction of sp³-hybridized carbons (Fsp3) is 0.312. The van der Waals surface area contributed by atoms with Crippen molar-refractivity contribution < 1.29 is 9.52 Å². The highest BCUT2D eigenvalue weighted by Crippen LogP contribution is 2.18. The van der Waals surface area contributed by atoms with E-state index in [2.05, 4.69) is 11.4 Å². The van der Waals surface area contributed by atoms with E-state index in [1.165, 1.54) is 0 Å². The maximum absolute atomic E-state index is 9.98. The minimum absolute atomic E-state index is 0.158. The van der Waals surface area contributed by atoms with Gasteiger partial charge in [-0.25, -0.2) is 0 Å². The molecule has 0 radical (unpaired) electrons. The number of furan rings is 1. The molecule has 0 aliphatic heterocycles. The molecule has 104 valence electrons. The van der Waals surface area contributed by atoms with E-state index in [1.54, 1.807) is 30.5 Å². The molecule has 2 rings (SSSR count). The molecule has 1 aromatic heterocycles. The smallest absolute Gasteiger partial charge is 0.132 e. The molecular formula is C16H18N2O2. The molecule has 0 aliphatic carbocycles. The number of hydrogen-bond donors (Lipinski definition) is 2. The van der Waals surface area contributed by atoms with E-state index in [0.717, 1.165) is 5.56 Å². The third-order valence-electron chi connectivity index (χ3n) is 3.19. The minimum Gasteiger partial charge on any atom is -0.467 e. The Morgan fingerprint density at radius 2 is 2.05 bits per heavy atom. The summed E-state index contributed by atoms with van der Waals surface area (Å²) >= 11 is 0. The van der Waals surface area contributed by atoms with Crippen molar-refractivity contribution in [2.75, 3.05) is 0 Å². The first kappa shape index (κ1) is 14.3. The first-order valence-electron chi connectivity index (χ1n) is 6.63. The number of benzene rings is 1. The molecule has 1 heterocycles. The molecule has 0 saturated heterocycles. The lowest BCUT2D eigenvalue weighted by atomic mass is 10.1. The maximum Gasteiger partial charge on any atom is 0.132 e. The molecule has 2 N–H and O–H groups in total. The Kier molecular flexibility index (Phi) is 4.94. The second kappa shape index (κ2) is 6.90. The second-order valence-corrected chi connectivity index (χ2v) is 4.86. The number of rotatable bonds is 6. The lowest BCUT2D eigenvalue weighted by Crippen LogP contribution is -2.27. The van der Waals surface area contributed by atoms with E-state index in [-0.39, 0.29) is 6.04 Å². The van der Waals surface area contributed by atoms with Crippen LogP contribution in [0.25, 0.3) is 0 Å². The van der Waals surface area contributed by atoms with Gasteiger partial charge in [0.05, 0.1) is 17.9 Å². The van der Waals surface area contributed by atoms with Crippen molar-refractivity contribution in [1.82, 2.24) is 5.32 Å². The zero-order valence-corrected chi connectivity index (χ0v) is 11.4. The van der Waals surface area contributed by atoms with Gasteiger partial charge >= 0.3 is 0 Å². The van der Waals surface area contributed by atoms with Gasteiger partial charge in [0.15, 0.2) is 0 Å². The van der Waals surface area contributed by atoms with Crippen LogP contribution in [0.2, 0.25) is 0 Å². The minimum atomic E-state index is -0.589. The van der Waals surface area contributed by atoms with Crippen molar-refractivity contribution in [3.8, 4) is 6.07 Å². The summed E-state index contributed by atoms with van der Waals surface area (Å²) in [4.78, 5) is 0. The van der Waals surface area contributed by atoms with Crippen molar-refractivity contribution in [2.45, 2.75) is 32.0 Å². The number of nitriles is 1. The van der Waals surface area contributed by atoms with Gasteiger partial charge in [0.2, 0.25) is 0 Å². The molecule has 1 aromatic carbocycles. The first-order valence-corrected chi connectivity index (χ1v) is 6.63. The van der Waals surface area contributed by atoms with Crippen LogP contribution < -0.4 is 5.32 Å². The lowest BCUT2D eigenvalue weighted by Gasteiger charge is -2.16. The van der Waals surface area contributed by atoms with Gasteiger partial charge in [-0.2, -0.15) is 5.26 Å². The normalized spacial score (nSPS) is 13.7. The van der Waals surface area contributed by atoms with Gasteiger partial charge in [0, 0.05) is 12.6 Å². The quantitative estimate of drug-likeness (QED) is 0.846. The van der Waals surface area contributed by atoms with E-state index in [4.69, 9.17) is 9.68 Å². The lowest BCUT2D eigenvalue weighted by molar-refractivity contribution is 0.128. The van der Waals surface area contributed by atoms with Crippen molar-refractivity contribution in [2.24, 2.45) is 0 Å². The highest BCUT2D eigenvalue weighted by Gasteiger charge is 2.14. The third-order valence-corrected chi connectivity index (χ3v) is 3.19. The van der Waals surface area contributed by atoms with Crippen LogP contribution in [0.1, 0.15) is 36.3 Å². The number of hydrogen-bond acceptors (Lipinski definition) is 4. The zero-order valence-electron chi connectivity index (χ0n) is 11.4. The fourth-order valence-corrected chi connectivity index (χ4v) is 2.00. The van der Waals surface area contributed by atoms with Crippen molar-refractivity contribution in [3.05, 3.63) is 59.5 Å². The Balaban J connectivity index is 1.79. The van der Waals surface area contributed by atoms with Gasteiger partial charge in [-0.15, -0.1) is 0 Å². The largest absolute Gasteiger partial charge is 0.467 e. The SMILES string of the molecule is CC(CC(O)c1ccco1)NCc1ccc(C#N)cc1. The molecule has 0 saturated carbocycles. The third kappa shape index (κ3) is 3.95. The van der Waals surface area contributed by atoms with Crippen LogP contribution in [0.3, 0.4) is 0 Å². The molecule has 0 bridgehead atoms. The number of nitrogens with one attached hydrogen (secondary N) is 1. The summed E-state index contributed by atoms with van der Waals surface area (Å²) in [5, 5.41) is 22.1. The molecule has 2 unspecified atom stereocenters. The fourth-order valence-electron chi connectivity index (χ4n) is 2.00. The molecule has 2 atom stereocenters. The van der Waals surface area contributed by atoms with Crippen LogP contribution in [-0.2, 0) is 6.54 Å². The summed E-state index contributed by atoms with van der Waals surface area (Å²) in [7, 11) is 0. The van der Waals surface area contributed by atoms with E-state index < -0.39 is 6.10 Å². The van der Waals surface area contributed by atoms with Gasteiger partial charge < -0.3 is 14.8 Å². The van der Waals surface area contributed by atoms with Gasteiger partial charge in [-0.1, -0.05) is 12.1 Å². The number of aliphatic hydroxyl groups excluding tert-OH is 1. The summed E-state index contributed by atoms with van der Waals surface area (Å²) in [6, 6.07) is 13.3. The molecule has 0 fully saturated rings. The van der Waals surface area contributed by atoms with Crippen LogP contribution in [0.5, 0.6) is 0 Å². The van der Waals surface area contributed by atoms with Crippen molar-refractivity contribution in [3.63, 3.8) is 0 Å². The average molecular weight is 270 g/mol. The molecule has 4 heteroatoms. The number of nitrogens with zero attached hydrogens (tertiary/aromatic N) is 1. The average Bonchev–Trinajstić information content (AvgIpc) is 3.00. The van der Waals surface area contributed by atoms with E-state index >= 15 is 0 Å². The van der Waals surface area contributed by atoms with Crippen LogP contribution in [-0.4, -0.2) is 11.1 Å². The molecule has 0 amide bonds. The molecule has 0 spiro atoms. The molecule has 0 aliphatic rings. The van der Waals surface area contributed by atoms with Crippen LogP contribution in [0.4, 0.5) is 0 Å². The Hall–Kier alpha value is -2.09. The molecule has 2 aromatic rings. The predicted molar refractivity (Wildman–Crippen MR) is 75.7 cm³/mol. The molecule has 4 nitrogen and oxygen atoms in total. The highest BCUT2D eigenvalue weighted by atomic mass is 16.4. The monoisotopic (exact) mass is 270 g/mol. The van der Waals surface area contributed by atoms with Crippen LogP contribution in [0, 0.1) is 11.3 Å². The zero-order chi connectivity index (χ0) is 14.4. The van der Waals surface area contributed by atoms with Gasteiger partial charge in [0.25, 0.3) is 0 Å². The summed E-state index contributed by atoms with van der Waals surface area (Å²) in [5.41, 5.74) is 1.78. The Bertz CT molecular complexity index is 555. The van der Waals surface area contributed by atoms with Gasteiger partial charge in [-0.3, -0.25) is 0 Å². The Labute approximate surface area is 118 Å². The van der Waals surface area contributed by atoms with E-state index in [9.17, 15) is 5.11 Å². The highest BCUT2D eigenvalue weighted by molar-refractivity contribution is 5.31. The summed E-state index contributed by atoms with van der Waals surface area (Å²) in [5.74, 6) is 0.594. The number of aliphatic hydroxyl groups is 1. The van der Waals surface area contributed by atoms with Crippen LogP contribution >= 0.6 is 0 Å². The maximum atomic E-state index is 9.98. The van der Waals surface area contributed by atoms with E-state index in [0.29, 0.717) is 24.3 Å². The standard InChI is InChI=1S/C16H18N2O2/c1-12(9-15(19)16-3-2-8-20-16)18-11-14-6-4-13(10-17)5-7-14/h2-8,12,15,18-19H,9,11H2,1H3. The predicted octanol–water partition coefficient (Wildman–Crippen LogP) is 2.75. The summed E-state index contributed by atoms with van der Waals surface area (Å²) in [6.07, 6.45) is 1.56. The van der Waals surface area contributed by atoms with Gasteiger partial charge in [0.1, 0.15) is 11.9 Å². The summed E-state index contributed by atoms with van der Waals surface area (Å²) < 4.78 is 5.18. The summed E-state index contributed by atoms with van der Waals surface area (Å²) in [6.45, 7) is 2.73. The van der Waals surface area contributed by atoms with E-state index in [1.807, 2.05) is 19.1 Å². The molecule has 20 heavy (non-hydrogen) atoms. The van der Waals surface area contributed by atoms with Crippen LogP contribution in [0.15, 0.2) is 47.1 Å². The van der Waals surface area contributed by atoms with Gasteiger partial charge in [-0.05, 0) is 43.2 Å². The second-order valence-electron chi connectivity index (χ2n) is 4.86. The topological polar surface area (TPSA) is 69.2 Å². The Morgan fingerprint density at radius 1 is 1.30 bits per heavy atom. The molecular weight excluding hydrogens is 252 g/mol. The van der Waals surface area contributed by atoms with Crippen molar-refractivity contribution >= 4 is 0 Å². The van der Waals surface area contributed by atoms with Crippen molar-refractivity contribution in [1.29, 1.82) is 5.26 Å².